The number of ketones is 1. The number of hydrogen-bond donors (Lipinski definition) is 0. The minimum absolute atomic E-state index is 0. The number of aromatic nitrogens is 1. The van der Waals surface area contributed by atoms with Gasteiger partial charge in [-0.1, -0.05) is 42.5 Å². The zero-order chi connectivity index (χ0) is 17.9. The molecule has 1 heterocycles. The average Bonchev–Trinajstić information content (AvgIpc) is 3.00. The molecule has 4 rings (SSSR count). The molecule has 0 fully saturated rings. The van der Waals surface area contributed by atoms with E-state index in [0.717, 1.165) is 36.3 Å². The molecule has 0 bridgehead atoms. The van der Waals surface area contributed by atoms with Crippen molar-refractivity contribution >= 4 is 5.78 Å². The van der Waals surface area contributed by atoms with Gasteiger partial charge in [-0.15, -0.1) is 0 Å². The normalized spacial score (nSPS) is 15.1. The predicted molar refractivity (Wildman–Crippen MR) is 100 cm³/mol. The smallest absolute Gasteiger partial charge is 0.173 e. The average molecular weight is 424 g/mol. The van der Waals surface area contributed by atoms with Crippen LogP contribution in [0.1, 0.15) is 27.0 Å². The van der Waals surface area contributed by atoms with Crippen LogP contribution in [0.2, 0.25) is 0 Å². The highest BCUT2D eigenvalue weighted by Gasteiger charge is 2.32. The second-order valence-electron chi connectivity index (χ2n) is 6.82. The van der Waals surface area contributed by atoms with Crippen molar-refractivity contribution in [2.24, 2.45) is 5.92 Å². The molecular formula is C23H22BrNO2. The van der Waals surface area contributed by atoms with E-state index in [9.17, 15) is 4.79 Å². The Morgan fingerprint density at radius 2 is 1.70 bits per heavy atom. The Hall–Kier alpha value is -2.46. The van der Waals surface area contributed by atoms with Crippen LogP contribution in [0.25, 0.3) is 0 Å². The fourth-order valence-corrected chi connectivity index (χ4v) is 3.73. The Kier molecular flexibility index (Phi) is 6.07. The quantitative estimate of drug-likeness (QED) is 0.563. The van der Waals surface area contributed by atoms with Crippen LogP contribution in [0.3, 0.4) is 0 Å². The topological polar surface area (TPSA) is 30.2 Å². The van der Waals surface area contributed by atoms with Crippen molar-refractivity contribution in [2.75, 3.05) is 7.11 Å². The van der Waals surface area contributed by atoms with Gasteiger partial charge < -0.3 is 21.7 Å². The maximum atomic E-state index is 12.7. The van der Waals surface area contributed by atoms with E-state index >= 15 is 0 Å². The lowest BCUT2D eigenvalue weighted by Crippen LogP contribution is -3.00. The number of benzene rings is 2. The zero-order valence-corrected chi connectivity index (χ0v) is 16.9. The summed E-state index contributed by atoms with van der Waals surface area (Å²) in [6.45, 7) is 0.853. The molecule has 1 atom stereocenters. The van der Waals surface area contributed by atoms with Gasteiger partial charge in [-0.2, -0.15) is 0 Å². The number of carbonyl (C=O) groups excluding carboxylic acids is 1. The first kappa shape index (κ1) is 19.3. The molecule has 1 aromatic heterocycles. The van der Waals surface area contributed by atoms with Crippen molar-refractivity contribution in [3.05, 3.63) is 95.3 Å². The Bertz CT molecular complexity index is 923. The van der Waals surface area contributed by atoms with Crippen LogP contribution in [-0.4, -0.2) is 12.9 Å². The van der Waals surface area contributed by atoms with Crippen molar-refractivity contribution in [1.82, 2.24) is 0 Å². The number of hydrogen-bond acceptors (Lipinski definition) is 2. The zero-order valence-electron chi connectivity index (χ0n) is 15.3. The van der Waals surface area contributed by atoms with Crippen LogP contribution < -0.4 is 26.3 Å². The number of nitrogens with zero attached hydrogens (tertiary/aromatic N) is 1. The second kappa shape index (κ2) is 8.49. The molecule has 0 saturated heterocycles. The van der Waals surface area contributed by atoms with E-state index in [2.05, 4.69) is 53.4 Å². The fraction of sp³-hybridized carbons (Fsp3) is 0.217. The van der Waals surface area contributed by atoms with E-state index in [4.69, 9.17) is 4.74 Å². The van der Waals surface area contributed by atoms with Crippen LogP contribution in [-0.2, 0) is 19.4 Å². The molecule has 0 saturated carbocycles. The van der Waals surface area contributed by atoms with Gasteiger partial charge in [0.1, 0.15) is 5.75 Å². The van der Waals surface area contributed by atoms with E-state index in [1.54, 1.807) is 7.11 Å². The standard InChI is InChI=1S/C23H22NO2.BrH/c1-26-22-9-5-8-20-21(22)15-19(23(20)25)14-17-10-12-24(13-11-17)16-18-6-3-2-4-7-18;/h2-13,19H,14-16H2,1H3;1H/q+1;/p-1. The molecule has 27 heavy (non-hydrogen) atoms. The molecule has 1 aliphatic rings. The van der Waals surface area contributed by atoms with Gasteiger partial charge in [-0.25, -0.2) is 4.57 Å². The fourth-order valence-electron chi connectivity index (χ4n) is 3.73. The van der Waals surface area contributed by atoms with Gasteiger partial charge >= 0.3 is 0 Å². The third kappa shape index (κ3) is 4.11. The van der Waals surface area contributed by atoms with E-state index in [0.29, 0.717) is 0 Å². The third-order valence-electron chi connectivity index (χ3n) is 5.09. The maximum Gasteiger partial charge on any atom is 0.173 e. The first-order valence-corrected chi connectivity index (χ1v) is 8.96. The van der Waals surface area contributed by atoms with Crippen LogP contribution in [0.15, 0.2) is 73.1 Å². The van der Waals surface area contributed by atoms with Gasteiger partial charge in [-0.05, 0) is 24.5 Å². The lowest BCUT2D eigenvalue weighted by Gasteiger charge is -2.08. The third-order valence-corrected chi connectivity index (χ3v) is 5.09. The first-order valence-electron chi connectivity index (χ1n) is 8.96. The Morgan fingerprint density at radius 3 is 2.41 bits per heavy atom. The highest BCUT2D eigenvalue weighted by Crippen LogP contribution is 2.34. The van der Waals surface area contributed by atoms with Gasteiger partial charge in [0.2, 0.25) is 0 Å². The molecule has 2 aromatic carbocycles. The van der Waals surface area contributed by atoms with Crippen LogP contribution in [0.4, 0.5) is 0 Å². The minimum Gasteiger partial charge on any atom is -1.00 e. The number of methoxy groups -OCH3 is 1. The molecule has 0 N–H and O–H groups in total. The van der Waals surface area contributed by atoms with Crippen molar-refractivity contribution in [2.45, 2.75) is 19.4 Å². The highest BCUT2D eigenvalue weighted by molar-refractivity contribution is 6.03. The summed E-state index contributed by atoms with van der Waals surface area (Å²) in [5.74, 6) is 1.07. The van der Waals surface area contributed by atoms with Gasteiger partial charge in [0.25, 0.3) is 0 Å². The first-order chi connectivity index (χ1) is 12.7. The van der Waals surface area contributed by atoms with Crippen molar-refractivity contribution in [3.63, 3.8) is 0 Å². The molecule has 1 aliphatic carbocycles. The largest absolute Gasteiger partial charge is 1.00 e. The van der Waals surface area contributed by atoms with Gasteiger partial charge in [0.05, 0.1) is 7.11 Å². The number of ether oxygens (including phenoxy) is 1. The number of Topliss-reactive ketones (excluding diaryl/α,β-unsaturated/α-hetero) is 1. The van der Waals surface area contributed by atoms with Crippen LogP contribution in [0, 0.1) is 5.92 Å². The predicted octanol–water partition coefficient (Wildman–Crippen LogP) is 0.633. The molecule has 0 radical (unpaired) electrons. The summed E-state index contributed by atoms with van der Waals surface area (Å²) in [5, 5.41) is 0. The maximum absolute atomic E-state index is 12.7. The van der Waals surface area contributed by atoms with E-state index in [1.807, 2.05) is 24.3 Å². The second-order valence-corrected chi connectivity index (χ2v) is 6.82. The lowest BCUT2D eigenvalue weighted by molar-refractivity contribution is -0.688. The minimum atomic E-state index is 0. The van der Waals surface area contributed by atoms with Crippen molar-refractivity contribution in [1.29, 1.82) is 0 Å². The van der Waals surface area contributed by atoms with Gasteiger partial charge in [0, 0.05) is 34.7 Å². The number of carbonyl (C=O) groups is 1. The summed E-state index contributed by atoms with van der Waals surface area (Å²) in [6, 6.07) is 20.4. The van der Waals surface area contributed by atoms with E-state index in [1.165, 1.54) is 11.1 Å². The molecule has 4 heteroatoms. The molecule has 0 aliphatic heterocycles. The SMILES string of the molecule is COc1cccc2c1CC(Cc1cc[n+](Cc3ccccc3)cc1)C2=O.[Br-]. The van der Waals surface area contributed by atoms with Crippen LogP contribution in [0.5, 0.6) is 5.75 Å². The van der Waals surface area contributed by atoms with Gasteiger partial charge in [-0.3, -0.25) is 4.79 Å². The molecule has 1 unspecified atom stereocenters. The monoisotopic (exact) mass is 423 g/mol. The Morgan fingerprint density at radius 1 is 0.963 bits per heavy atom. The summed E-state index contributed by atoms with van der Waals surface area (Å²) >= 11 is 0. The summed E-state index contributed by atoms with van der Waals surface area (Å²) < 4.78 is 7.58. The number of halogens is 1. The Balaban J connectivity index is 0.00000210. The van der Waals surface area contributed by atoms with Crippen molar-refractivity contribution < 1.29 is 31.1 Å². The summed E-state index contributed by atoms with van der Waals surface area (Å²) in [7, 11) is 1.66. The molecule has 138 valence electrons. The molecule has 0 spiro atoms. The summed E-state index contributed by atoms with van der Waals surface area (Å²) in [5.41, 5.74) is 4.35. The summed E-state index contributed by atoms with van der Waals surface area (Å²) in [6.07, 6.45) is 5.71. The number of pyridine rings is 1. The van der Waals surface area contributed by atoms with Gasteiger partial charge in [0.15, 0.2) is 24.7 Å². The van der Waals surface area contributed by atoms with E-state index < -0.39 is 0 Å². The molecule has 3 aromatic rings. The number of fused-ring (bicyclic) bond motifs is 1. The van der Waals surface area contributed by atoms with Crippen LogP contribution >= 0.6 is 0 Å². The van der Waals surface area contributed by atoms with Crippen molar-refractivity contribution in [3.8, 4) is 5.75 Å². The lowest BCUT2D eigenvalue weighted by atomic mass is 9.96. The van der Waals surface area contributed by atoms with E-state index in [-0.39, 0.29) is 28.7 Å². The highest BCUT2D eigenvalue weighted by atomic mass is 79.9. The summed E-state index contributed by atoms with van der Waals surface area (Å²) in [4.78, 5) is 12.7. The molecule has 0 amide bonds. The number of rotatable bonds is 5. The molecule has 3 nitrogen and oxygen atoms in total. The molecular weight excluding hydrogens is 402 g/mol. The Labute approximate surface area is 170 Å².